The highest BCUT2D eigenvalue weighted by molar-refractivity contribution is 7.90. The van der Waals surface area contributed by atoms with Crippen molar-refractivity contribution in [2.75, 3.05) is 18.6 Å². The summed E-state index contributed by atoms with van der Waals surface area (Å²) in [4.78, 5) is 0. The Bertz CT molecular complexity index is 202. The maximum atomic E-state index is 10.7. The molecule has 0 unspecified atom stereocenters. The summed E-state index contributed by atoms with van der Waals surface area (Å²) in [6.07, 6.45) is 1.22. The summed E-state index contributed by atoms with van der Waals surface area (Å²) in [5.74, 6) is 0.136. The van der Waals surface area contributed by atoms with E-state index in [2.05, 4.69) is 0 Å². The van der Waals surface area contributed by atoms with Crippen molar-refractivity contribution < 1.29 is 12.8 Å². The van der Waals surface area contributed by atoms with Crippen LogP contribution < -0.4 is 0 Å². The molecular formula is C6H16O3SSi. The van der Waals surface area contributed by atoms with E-state index in [-0.39, 0.29) is 5.75 Å². The molecule has 0 aromatic rings. The van der Waals surface area contributed by atoms with E-state index in [1.165, 1.54) is 6.26 Å². The van der Waals surface area contributed by atoms with Gasteiger partial charge >= 0.3 is 0 Å². The van der Waals surface area contributed by atoms with E-state index in [4.69, 9.17) is 4.43 Å². The maximum absolute atomic E-state index is 10.7. The van der Waals surface area contributed by atoms with Gasteiger partial charge in [-0.25, -0.2) is 8.42 Å². The van der Waals surface area contributed by atoms with Crippen LogP contribution >= 0.6 is 0 Å². The van der Waals surface area contributed by atoms with Crippen molar-refractivity contribution in [3.63, 3.8) is 0 Å². The number of sulfone groups is 1. The van der Waals surface area contributed by atoms with Gasteiger partial charge in [0, 0.05) is 12.9 Å². The summed E-state index contributed by atoms with van der Waals surface area (Å²) < 4.78 is 26.7. The van der Waals surface area contributed by atoms with Crippen molar-refractivity contribution in [1.82, 2.24) is 0 Å². The fourth-order valence-corrected chi connectivity index (χ4v) is 1.75. The first-order valence-corrected chi connectivity index (χ1v) is 8.99. The van der Waals surface area contributed by atoms with Crippen molar-refractivity contribution >= 4 is 18.2 Å². The summed E-state index contributed by atoms with van der Waals surface area (Å²) in [6.45, 7) is 6.45. The lowest BCUT2D eigenvalue weighted by molar-refractivity contribution is 0.335. The maximum Gasteiger partial charge on any atom is 0.183 e. The Balaban J connectivity index is 3.61. The first kappa shape index (κ1) is 11.1. The molecule has 0 aliphatic carbocycles. The van der Waals surface area contributed by atoms with Gasteiger partial charge in [0.15, 0.2) is 8.32 Å². The zero-order valence-corrected chi connectivity index (χ0v) is 9.36. The van der Waals surface area contributed by atoms with Gasteiger partial charge in [-0.15, -0.1) is 0 Å². The Morgan fingerprint density at radius 3 is 2.00 bits per heavy atom. The minimum absolute atomic E-state index is 0.136. The third-order valence-corrected chi connectivity index (χ3v) is 2.97. The van der Waals surface area contributed by atoms with Crippen LogP contribution in [0.15, 0.2) is 0 Å². The predicted octanol–water partition coefficient (Wildman–Crippen LogP) is 0.882. The minimum Gasteiger partial charge on any atom is -0.417 e. The van der Waals surface area contributed by atoms with Crippen LogP contribution in [-0.4, -0.2) is 35.4 Å². The fourth-order valence-electron chi connectivity index (χ4n) is 0.499. The van der Waals surface area contributed by atoms with Crippen molar-refractivity contribution in [2.45, 2.75) is 19.6 Å². The summed E-state index contributed by atoms with van der Waals surface area (Å²) >= 11 is 0. The molecule has 0 amide bonds. The molecule has 0 fully saturated rings. The van der Waals surface area contributed by atoms with Crippen molar-refractivity contribution in [3.8, 4) is 0 Å². The molecule has 0 aromatic carbocycles. The number of hydrogen-bond acceptors (Lipinski definition) is 3. The van der Waals surface area contributed by atoms with Crippen molar-refractivity contribution in [2.24, 2.45) is 0 Å². The Labute approximate surface area is 69.8 Å². The second-order valence-electron chi connectivity index (χ2n) is 3.59. The van der Waals surface area contributed by atoms with Gasteiger partial charge in [0.1, 0.15) is 9.84 Å². The van der Waals surface area contributed by atoms with Gasteiger partial charge in [0.25, 0.3) is 0 Å². The van der Waals surface area contributed by atoms with Crippen molar-refractivity contribution in [1.29, 1.82) is 0 Å². The number of rotatable bonds is 4. The molecule has 5 heteroatoms. The lowest BCUT2D eigenvalue weighted by Gasteiger charge is -2.16. The lowest BCUT2D eigenvalue weighted by Crippen LogP contribution is -2.28. The monoisotopic (exact) mass is 196 g/mol. The van der Waals surface area contributed by atoms with Crippen LogP contribution in [0.25, 0.3) is 0 Å². The highest BCUT2D eigenvalue weighted by Gasteiger charge is 2.14. The SMILES string of the molecule is C[Si](C)(C)OCCS(C)(=O)=O. The van der Waals surface area contributed by atoms with E-state index in [0.29, 0.717) is 6.61 Å². The Morgan fingerprint density at radius 2 is 1.73 bits per heavy atom. The molecule has 3 nitrogen and oxygen atoms in total. The van der Waals surface area contributed by atoms with Crippen LogP contribution in [0, 0.1) is 0 Å². The van der Waals surface area contributed by atoms with Crippen LogP contribution in [0.5, 0.6) is 0 Å². The molecule has 0 radical (unpaired) electrons. The quantitative estimate of drug-likeness (QED) is 0.627. The normalized spacial score (nSPS) is 13.5. The molecule has 68 valence electrons. The van der Waals surface area contributed by atoms with E-state index in [1.807, 2.05) is 19.6 Å². The molecule has 11 heavy (non-hydrogen) atoms. The molecular weight excluding hydrogens is 180 g/mol. The first-order chi connectivity index (χ1) is 4.71. The smallest absolute Gasteiger partial charge is 0.183 e. The third-order valence-electron chi connectivity index (χ3n) is 0.989. The molecule has 0 aromatic heterocycles. The largest absolute Gasteiger partial charge is 0.417 e. The molecule has 0 rings (SSSR count). The van der Waals surface area contributed by atoms with Gasteiger partial charge in [-0.05, 0) is 19.6 Å². The summed E-state index contributed by atoms with van der Waals surface area (Å²) in [6, 6.07) is 0. The van der Waals surface area contributed by atoms with E-state index in [9.17, 15) is 8.42 Å². The van der Waals surface area contributed by atoms with Crippen LogP contribution in [-0.2, 0) is 14.3 Å². The third kappa shape index (κ3) is 10.1. The van der Waals surface area contributed by atoms with Gasteiger partial charge in [0.05, 0.1) is 5.75 Å². The predicted molar refractivity (Wildman–Crippen MR) is 49.0 cm³/mol. The molecule has 0 saturated carbocycles. The van der Waals surface area contributed by atoms with Crippen LogP contribution in [0.4, 0.5) is 0 Å². The molecule has 0 bridgehead atoms. The van der Waals surface area contributed by atoms with Gasteiger partial charge in [-0.3, -0.25) is 0 Å². The second kappa shape index (κ2) is 3.69. The summed E-state index contributed by atoms with van der Waals surface area (Å²) in [7, 11) is -4.37. The van der Waals surface area contributed by atoms with Crippen LogP contribution in [0.1, 0.15) is 0 Å². The first-order valence-electron chi connectivity index (χ1n) is 3.52. The Kier molecular flexibility index (Phi) is 3.73. The van der Waals surface area contributed by atoms with Crippen LogP contribution in [0.2, 0.25) is 19.6 Å². The van der Waals surface area contributed by atoms with Gasteiger partial charge < -0.3 is 4.43 Å². The van der Waals surface area contributed by atoms with E-state index >= 15 is 0 Å². The molecule has 0 aliphatic heterocycles. The molecule has 0 atom stereocenters. The van der Waals surface area contributed by atoms with Gasteiger partial charge in [-0.1, -0.05) is 0 Å². The average molecular weight is 196 g/mol. The zero-order valence-electron chi connectivity index (χ0n) is 7.55. The Hall–Kier alpha value is 0.127. The van der Waals surface area contributed by atoms with E-state index < -0.39 is 18.2 Å². The highest BCUT2D eigenvalue weighted by Crippen LogP contribution is 2.01. The number of hydrogen-bond donors (Lipinski definition) is 0. The standard InChI is InChI=1S/C6H16O3SSi/c1-10(7,8)6-5-9-11(2,3)4/h5-6H2,1-4H3. The fraction of sp³-hybridized carbons (Fsp3) is 1.00. The molecule has 0 aliphatic rings. The highest BCUT2D eigenvalue weighted by atomic mass is 32.2. The average Bonchev–Trinajstić information content (AvgIpc) is 1.55. The minimum atomic E-state index is -2.85. The molecule has 0 N–H and O–H groups in total. The van der Waals surface area contributed by atoms with Crippen LogP contribution in [0.3, 0.4) is 0 Å². The van der Waals surface area contributed by atoms with Gasteiger partial charge in [-0.2, -0.15) is 0 Å². The summed E-state index contributed by atoms with van der Waals surface area (Å²) in [5, 5.41) is 0. The molecule has 0 spiro atoms. The Morgan fingerprint density at radius 1 is 1.27 bits per heavy atom. The molecule has 0 heterocycles. The zero-order chi connectivity index (χ0) is 9.12. The molecule has 0 saturated heterocycles. The van der Waals surface area contributed by atoms with Crippen molar-refractivity contribution in [3.05, 3.63) is 0 Å². The lowest BCUT2D eigenvalue weighted by atomic mass is 10.9. The van der Waals surface area contributed by atoms with E-state index in [0.717, 1.165) is 0 Å². The van der Waals surface area contributed by atoms with Gasteiger partial charge in [0.2, 0.25) is 0 Å². The second-order valence-corrected chi connectivity index (χ2v) is 10.4. The topological polar surface area (TPSA) is 43.4 Å². The summed E-state index contributed by atoms with van der Waals surface area (Å²) in [5.41, 5.74) is 0. The van der Waals surface area contributed by atoms with E-state index in [1.54, 1.807) is 0 Å².